The van der Waals surface area contributed by atoms with Gasteiger partial charge >= 0.3 is 0 Å². The fourth-order valence-electron chi connectivity index (χ4n) is 3.15. The number of nitrogens with zero attached hydrogens (tertiary/aromatic N) is 3. The Morgan fingerprint density at radius 3 is 2.22 bits per heavy atom. The summed E-state index contributed by atoms with van der Waals surface area (Å²) in [7, 11) is 6.44. The summed E-state index contributed by atoms with van der Waals surface area (Å²) >= 11 is 0. The molecule has 4 heteroatoms. The Morgan fingerprint density at radius 2 is 1.67 bits per heavy atom. The Balaban J connectivity index is 2.10. The summed E-state index contributed by atoms with van der Waals surface area (Å²) in [6.45, 7) is 7.45. The van der Waals surface area contributed by atoms with Crippen molar-refractivity contribution in [2.45, 2.75) is 32.7 Å². The number of hydrogen-bond acceptors (Lipinski definition) is 2. The van der Waals surface area contributed by atoms with E-state index in [4.69, 9.17) is 4.98 Å². The summed E-state index contributed by atoms with van der Waals surface area (Å²) in [5.74, 6) is 0.804. The van der Waals surface area contributed by atoms with Gasteiger partial charge in [-0.15, -0.1) is 5.75 Å². The van der Waals surface area contributed by atoms with Crippen LogP contribution in [0.25, 0.3) is 17.1 Å². The van der Waals surface area contributed by atoms with Gasteiger partial charge in [0.1, 0.15) is 18.1 Å². The highest BCUT2D eigenvalue weighted by Crippen LogP contribution is 2.28. The van der Waals surface area contributed by atoms with Crippen LogP contribution in [0.3, 0.4) is 0 Å². The smallest absolute Gasteiger partial charge is 0.145 e. The van der Waals surface area contributed by atoms with Crippen LogP contribution < -0.4 is 5.11 Å². The summed E-state index contributed by atoms with van der Waals surface area (Å²) in [5.41, 5.74) is 4.31. The highest BCUT2D eigenvalue weighted by Gasteiger charge is 2.18. The van der Waals surface area contributed by atoms with E-state index in [0.29, 0.717) is 0 Å². The van der Waals surface area contributed by atoms with Gasteiger partial charge in [0, 0.05) is 17.4 Å². The molecular weight excluding hydrogens is 334 g/mol. The fourth-order valence-corrected chi connectivity index (χ4v) is 3.15. The van der Waals surface area contributed by atoms with Crippen molar-refractivity contribution < 1.29 is 9.59 Å². The quantitative estimate of drug-likeness (QED) is 0.654. The van der Waals surface area contributed by atoms with Crippen molar-refractivity contribution >= 4 is 0 Å². The summed E-state index contributed by atoms with van der Waals surface area (Å²) in [6, 6.07) is 15.6. The highest BCUT2D eigenvalue weighted by molar-refractivity contribution is 5.61. The van der Waals surface area contributed by atoms with Crippen LogP contribution in [0, 0.1) is 0 Å². The summed E-state index contributed by atoms with van der Waals surface area (Å²) < 4.78 is 2.88. The maximum absolute atomic E-state index is 11.9. The third kappa shape index (κ3) is 4.58. The summed E-state index contributed by atoms with van der Waals surface area (Å²) in [4.78, 5) is 4.86. The predicted molar refractivity (Wildman–Crippen MR) is 109 cm³/mol. The number of hydrogen-bond donors (Lipinski definition) is 0. The molecule has 0 spiro atoms. The molecule has 2 aromatic carbocycles. The zero-order valence-corrected chi connectivity index (χ0v) is 17.2. The number of quaternary nitrogens is 1. The molecule has 3 rings (SSSR count). The number of aromatic nitrogens is 2. The van der Waals surface area contributed by atoms with Crippen molar-refractivity contribution in [1.29, 1.82) is 0 Å². The minimum atomic E-state index is -0.00159. The number of imidazole rings is 1. The Hall–Kier alpha value is -2.59. The first-order valence-corrected chi connectivity index (χ1v) is 9.30. The maximum Gasteiger partial charge on any atom is 0.145 e. The van der Waals surface area contributed by atoms with Gasteiger partial charge in [0.25, 0.3) is 0 Å². The third-order valence-corrected chi connectivity index (χ3v) is 4.50. The van der Waals surface area contributed by atoms with Gasteiger partial charge in [0.05, 0.1) is 21.1 Å². The van der Waals surface area contributed by atoms with Crippen molar-refractivity contribution in [2.75, 3.05) is 21.1 Å². The molecule has 0 fully saturated rings. The normalized spacial score (nSPS) is 12.4. The van der Waals surface area contributed by atoms with Gasteiger partial charge in [-0.3, -0.25) is 4.57 Å². The molecule has 0 N–H and O–H groups in total. The topological polar surface area (TPSA) is 40.9 Å². The average molecular weight is 364 g/mol. The Morgan fingerprint density at radius 1 is 1.00 bits per heavy atom. The highest BCUT2D eigenvalue weighted by atomic mass is 16.3. The van der Waals surface area contributed by atoms with Crippen LogP contribution in [0.4, 0.5) is 0 Å². The van der Waals surface area contributed by atoms with Crippen LogP contribution in [0.1, 0.15) is 32.0 Å². The lowest BCUT2D eigenvalue weighted by Gasteiger charge is -2.22. The number of benzene rings is 2. The standard InChI is InChI=1S/C23H29N3O/c1-23(2,3)18-10-12-20(13-11-18)25-15-19(16-26(4,5)6)24-22(25)17-8-7-9-21(27)14-17/h7-15H,16H2,1-6H3. The van der Waals surface area contributed by atoms with E-state index >= 15 is 0 Å². The van der Waals surface area contributed by atoms with Crippen molar-refractivity contribution in [3.63, 3.8) is 0 Å². The molecule has 3 aromatic rings. The second kappa shape index (κ2) is 6.86. The lowest BCUT2D eigenvalue weighted by atomic mass is 9.87. The van der Waals surface area contributed by atoms with E-state index in [2.05, 4.69) is 76.9 Å². The zero-order valence-electron chi connectivity index (χ0n) is 17.2. The molecule has 0 unspecified atom stereocenters. The monoisotopic (exact) mass is 363 g/mol. The van der Waals surface area contributed by atoms with Gasteiger partial charge in [-0.05, 0) is 23.1 Å². The molecule has 0 aliphatic heterocycles. The molecule has 0 amide bonds. The first kappa shape index (κ1) is 19.2. The molecule has 0 aliphatic rings. The molecule has 142 valence electrons. The van der Waals surface area contributed by atoms with Crippen LogP contribution >= 0.6 is 0 Å². The van der Waals surface area contributed by atoms with E-state index in [1.54, 1.807) is 18.2 Å². The number of rotatable bonds is 4. The van der Waals surface area contributed by atoms with E-state index in [0.717, 1.165) is 33.8 Å². The van der Waals surface area contributed by atoms with Crippen LogP contribution in [0.5, 0.6) is 5.75 Å². The molecule has 0 aliphatic carbocycles. The van der Waals surface area contributed by atoms with Gasteiger partial charge < -0.3 is 9.59 Å². The maximum atomic E-state index is 11.9. The average Bonchev–Trinajstić information content (AvgIpc) is 2.96. The molecule has 0 saturated heterocycles. The van der Waals surface area contributed by atoms with E-state index in [1.165, 1.54) is 5.56 Å². The van der Waals surface area contributed by atoms with Gasteiger partial charge in [0.15, 0.2) is 0 Å². The molecule has 0 saturated carbocycles. The molecule has 1 aromatic heterocycles. The van der Waals surface area contributed by atoms with E-state index in [9.17, 15) is 5.11 Å². The Kier molecular flexibility index (Phi) is 4.87. The lowest BCUT2D eigenvalue weighted by Crippen LogP contribution is -2.33. The summed E-state index contributed by atoms with van der Waals surface area (Å²) in [6.07, 6.45) is 2.09. The predicted octanol–water partition coefficient (Wildman–Crippen LogP) is 4.12. The molecule has 1 heterocycles. The van der Waals surface area contributed by atoms with E-state index < -0.39 is 0 Å². The molecule has 0 radical (unpaired) electrons. The van der Waals surface area contributed by atoms with Crippen LogP contribution in [0.2, 0.25) is 0 Å². The van der Waals surface area contributed by atoms with Gasteiger partial charge in [0.2, 0.25) is 0 Å². The first-order chi connectivity index (χ1) is 12.5. The fraction of sp³-hybridized carbons (Fsp3) is 0.348. The van der Waals surface area contributed by atoms with Crippen LogP contribution in [-0.2, 0) is 12.0 Å². The van der Waals surface area contributed by atoms with E-state index in [-0.39, 0.29) is 11.2 Å². The molecule has 27 heavy (non-hydrogen) atoms. The van der Waals surface area contributed by atoms with E-state index in [1.807, 2.05) is 6.07 Å². The van der Waals surface area contributed by atoms with Crippen molar-refractivity contribution in [2.24, 2.45) is 0 Å². The minimum absolute atomic E-state index is 0.00159. The third-order valence-electron chi connectivity index (χ3n) is 4.50. The Bertz CT molecular complexity index is 925. The van der Waals surface area contributed by atoms with Gasteiger partial charge in [-0.25, -0.2) is 4.98 Å². The van der Waals surface area contributed by atoms with Gasteiger partial charge in [-0.1, -0.05) is 57.2 Å². The summed E-state index contributed by atoms with van der Waals surface area (Å²) in [5, 5.41) is 11.9. The largest absolute Gasteiger partial charge is 0.872 e. The second-order valence-corrected chi connectivity index (χ2v) is 9.20. The zero-order chi connectivity index (χ0) is 19.8. The first-order valence-electron chi connectivity index (χ1n) is 9.30. The molecule has 0 atom stereocenters. The van der Waals surface area contributed by atoms with Crippen molar-refractivity contribution in [3.8, 4) is 22.8 Å². The van der Waals surface area contributed by atoms with Crippen molar-refractivity contribution in [3.05, 3.63) is 66.0 Å². The van der Waals surface area contributed by atoms with Crippen LogP contribution in [-0.4, -0.2) is 35.2 Å². The SMILES string of the molecule is CC(C)(C)c1ccc(-n2cc(C[N+](C)(C)C)nc2-c2cccc([O-])c2)cc1. The second-order valence-electron chi connectivity index (χ2n) is 9.20. The molecule has 0 bridgehead atoms. The molecule has 4 nitrogen and oxygen atoms in total. The Labute approximate surface area is 162 Å². The van der Waals surface area contributed by atoms with Crippen LogP contribution in [0.15, 0.2) is 54.7 Å². The lowest BCUT2D eigenvalue weighted by molar-refractivity contribution is -0.884. The van der Waals surface area contributed by atoms with Crippen molar-refractivity contribution in [1.82, 2.24) is 9.55 Å². The van der Waals surface area contributed by atoms with Gasteiger partial charge in [-0.2, -0.15) is 0 Å². The molecular formula is C23H29N3O. The minimum Gasteiger partial charge on any atom is -0.872 e.